The van der Waals surface area contributed by atoms with Crippen molar-refractivity contribution < 1.29 is 23.7 Å². The number of hydrogen-bond acceptors (Lipinski definition) is 6. The van der Waals surface area contributed by atoms with Gasteiger partial charge in [-0.1, -0.05) is 23.3 Å². The Kier molecular flexibility index (Phi) is 5.14. The number of terminal acetylenes is 1. The molecular formula is C21H18N2O5S. The van der Waals surface area contributed by atoms with Gasteiger partial charge in [-0.15, -0.1) is 6.42 Å². The van der Waals surface area contributed by atoms with Gasteiger partial charge in [0.15, 0.2) is 27.8 Å². The van der Waals surface area contributed by atoms with Crippen LogP contribution in [0.5, 0.6) is 23.0 Å². The van der Waals surface area contributed by atoms with Gasteiger partial charge < -0.3 is 23.5 Å². The van der Waals surface area contributed by atoms with Crippen molar-refractivity contribution in [1.29, 1.82) is 0 Å². The predicted octanol–water partition coefficient (Wildman–Crippen LogP) is 2.87. The standard InChI is InChI=1S/C21H18N2O5S/c1-4-8-23-14-11-16-17(28-10-9-27-16)12-18(14)29-21(23)22-20(24)13-6-5-7-15(25-2)19(13)26-3/h1,5-7,11-12H,8-10H2,2-3H3. The summed E-state index contributed by atoms with van der Waals surface area (Å²) in [5.74, 6) is 4.29. The lowest BCUT2D eigenvalue weighted by molar-refractivity contribution is 0.0994. The van der Waals surface area contributed by atoms with E-state index in [0.717, 1.165) is 10.2 Å². The Morgan fingerprint density at radius 1 is 1.24 bits per heavy atom. The van der Waals surface area contributed by atoms with E-state index >= 15 is 0 Å². The highest BCUT2D eigenvalue weighted by Gasteiger charge is 2.19. The van der Waals surface area contributed by atoms with Crippen molar-refractivity contribution in [2.24, 2.45) is 4.99 Å². The molecule has 0 unspecified atom stereocenters. The second-order valence-electron chi connectivity index (χ2n) is 6.10. The Morgan fingerprint density at radius 2 is 2.00 bits per heavy atom. The zero-order chi connectivity index (χ0) is 20.4. The van der Waals surface area contributed by atoms with Gasteiger partial charge in [0.05, 0.1) is 36.5 Å². The number of rotatable bonds is 4. The summed E-state index contributed by atoms with van der Waals surface area (Å²) in [6.45, 7) is 1.25. The molecule has 0 saturated carbocycles. The minimum Gasteiger partial charge on any atom is -0.493 e. The lowest BCUT2D eigenvalue weighted by atomic mass is 10.2. The van der Waals surface area contributed by atoms with Crippen LogP contribution >= 0.6 is 11.3 Å². The summed E-state index contributed by atoms with van der Waals surface area (Å²) in [6.07, 6.45) is 5.56. The second kappa shape index (κ2) is 7.89. The molecule has 4 rings (SSSR count). The Morgan fingerprint density at radius 3 is 2.69 bits per heavy atom. The number of fused-ring (bicyclic) bond motifs is 2. The molecule has 0 saturated heterocycles. The number of aromatic nitrogens is 1. The van der Waals surface area contributed by atoms with Crippen LogP contribution < -0.4 is 23.7 Å². The highest BCUT2D eigenvalue weighted by Crippen LogP contribution is 2.36. The van der Waals surface area contributed by atoms with Crippen molar-refractivity contribution in [3.05, 3.63) is 40.7 Å². The third-order valence-electron chi connectivity index (χ3n) is 4.43. The zero-order valence-corrected chi connectivity index (χ0v) is 16.7. The smallest absolute Gasteiger partial charge is 0.283 e. The Labute approximate surface area is 171 Å². The number of nitrogens with zero attached hydrogens (tertiary/aromatic N) is 2. The van der Waals surface area contributed by atoms with Crippen molar-refractivity contribution in [1.82, 2.24) is 4.57 Å². The summed E-state index contributed by atoms with van der Waals surface area (Å²) < 4.78 is 24.6. The predicted molar refractivity (Wildman–Crippen MR) is 109 cm³/mol. The number of carbonyl (C=O) groups excluding carboxylic acids is 1. The number of carbonyl (C=O) groups is 1. The average Bonchev–Trinajstić information content (AvgIpc) is 3.07. The molecule has 1 aliphatic heterocycles. The summed E-state index contributed by atoms with van der Waals surface area (Å²) in [7, 11) is 3.00. The number of hydrogen-bond donors (Lipinski definition) is 0. The monoisotopic (exact) mass is 410 g/mol. The quantitative estimate of drug-likeness (QED) is 0.619. The molecule has 2 heterocycles. The first kappa shape index (κ1) is 18.9. The Hall–Kier alpha value is -3.44. The van der Waals surface area contributed by atoms with Crippen molar-refractivity contribution in [2.75, 3.05) is 27.4 Å². The third kappa shape index (κ3) is 3.41. The number of ether oxygens (including phenoxy) is 4. The summed E-state index contributed by atoms with van der Waals surface area (Å²) in [6, 6.07) is 8.84. The first-order valence-electron chi connectivity index (χ1n) is 8.82. The van der Waals surface area contributed by atoms with Crippen molar-refractivity contribution >= 4 is 27.5 Å². The van der Waals surface area contributed by atoms with Crippen LogP contribution in [0.3, 0.4) is 0 Å². The topological polar surface area (TPSA) is 71.3 Å². The van der Waals surface area contributed by atoms with Crippen LogP contribution in [0, 0.1) is 12.3 Å². The number of benzene rings is 2. The highest BCUT2D eigenvalue weighted by atomic mass is 32.1. The molecule has 8 heteroatoms. The maximum absolute atomic E-state index is 12.9. The molecule has 29 heavy (non-hydrogen) atoms. The van der Waals surface area contributed by atoms with Gasteiger partial charge in [0.25, 0.3) is 5.91 Å². The zero-order valence-electron chi connectivity index (χ0n) is 15.9. The van der Waals surface area contributed by atoms with Gasteiger partial charge >= 0.3 is 0 Å². The Balaban J connectivity index is 1.87. The summed E-state index contributed by atoms with van der Waals surface area (Å²) in [5.41, 5.74) is 1.14. The lowest BCUT2D eigenvalue weighted by Crippen LogP contribution is -2.17. The maximum Gasteiger partial charge on any atom is 0.283 e. The van der Waals surface area contributed by atoms with Crippen LogP contribution in [0.4, 0.5) is 0 Å². The van der Waals surface area contributed by atoms with E-state index in [2.05, 4.69) is 10.9 Å². The van der Waals surface area contributed by atoms with E-state index in [1.165, 1.54) is 25.6 Å². The molecule has 148 valence electrons. The van der Waals surface area contributed by atoms with E-state index in [1.807, 2.05) is 16.7 Å². The Bertz CT molecular complexity index is 1200. The van der Waals surface area contributed by atoms with Crippen molar-refractivity contribution in [2.45, 2.75) is 6.54 Å². The maximum atomic E-state index is 12.9. The molecule has 1 aromatic heterocycles. The van der Waals surface area contributed by atoms with Crippen LogP contribution in [0.2, 0.25) is 0 Å². The first-order valence-corrected chi connectivity index (χ1v) is 9.64. The van der Waals surface area contributed by atoms with Gasteiger partial charge in [0, 0.05) is 12.1 Å². The van der Waals surface area contributed by atoms with E-state index in [0.29, 0.717) is 46.6 Å². The summed E-state index contributed by atoms with van der Waals surface area (Å²) in [4.78, 5) is 17.7. The first-order chi connectivity index (χ1) is 14.2. The molecule has 0 N–H and O–H groups in total. The third-order valence-corrected chi connectivity index (χ3v) is 5.47. The number of methoxy groups -OCH3 is 2. The van der Waals surface area contributed by atoms with Gasteiger partial charge in [-0.3, -0.25) is 4.79 Å². The SMILES string of the molecule is C#CCn1c(=NC(=O)c2cccc(OC)c2OC)sc2cc3c(cc21)OCCO3. The molecule has 1 aliphatic rings. The average molecular weight is 410 g/mol. The van der Waals surface area contributed by atoms with E-state index in [1.54, 1.807) is 18.2 Å². The van der Waals surface area contributed by atoms with Crippen molar-refractivity contribution in [3.8, 4) is 35.3 Å². The molecule has 0 aliphatic carbocycles. The minimum absolute atomic E-state index is 0.265. The molecule has 3 aromatic rings. The lowest BCUT2D eigenvalue weighted by Gasteiger charge is -2.18. The molecule has 0 bridgehead atoms. The van der Waals surface area contributed by atoms with Gasteiger partial charge in [-0.05, 0) is 12.1 Å². The van der Waals surface area contributed by atoms with E-state index < -0.39 is 5.91 Å². The van der Waals surface area contributed by atoms with Crippen molar-refractivity contribution in [3.63, 3.8) is 0 Å². The molecular weight excluding hydrogens is 392 g/mol. The summed E-state index contributed by atoms with van der Waals surface area (Å²) >= 11 is 1.36. The van der Waals surface area contributed by atoms with Crippen LogP contribution in [0.25, 0.3) is 10.2 Å². The molecule has 0 atom stereocenters. The molecule has 7 nitrogen and oxygen atoms in total. The molecule has 0 radical (unpaired) electrons. The van der Waals surface area contributed by atoms with Gasteiger partial charge in [0.2, 0.25) is 0 Å². The highest BCUT2D eigenvalue weighted by molar-refractivity contribution is 7.16. The fraction of sp³-hybridized carbons (Fsp3) is 0.238. The molecule has 2 aromatic carbocycles. The van der Waals surface area contributed by atoms with Gasteiger partial charge in [-0.2, -0.15) is 4.99 Å². The normalized spacial score (nSPS) is 13.2. The molecule has 1 amide bonds. The van der Waals surface area contributed by atoms with Crippen LogP contribution in [0.15, 0.2) is 35.3 Å². The summed E-state index contributed by atoms with van der Waals surface area (Å²) in [5, 5.41) is 0. The largest absolute Gasteiger partial charge is 0.493 e. The number of amides is 1. The fourth-order valence-corrected chi connectivity index (χ4v) is 4.18. The van der Waals surface area contributed by atoms with Gasteiger partial charge in [-0.25, -0.2) is 0 Å². The number of thiazole rings is 1. The minimum atomic E-state index is -0.449. The van der Waals surface area contributed by atoms with Gasteiger partial charge in [0.1, 0.15) is 13.2 Å². The molecule has 0 spiro atoms. The van der Waals surface area contributed by atoms with Crippen LogP contribution in [-0.2, 0) is 6.54 Å². The van der Waals surface area contributed by atoms with E-state index in [-0.39, 0.29) is 6.54 Å². The second-order valence-corrected chi connectivity index (χ2v) is 7.11. The van der Waals surface area contributed by atoms with E-state index in [4.69, 9.17) is 25.4 Å². The van der Waals surface area contributed by atoms with Crippen LogP contribution in [-0.4, -0.2) is 37.9 Å². The van der Waals surface area contributed by atoms with Crippen LogP contribution in [0.1, 0.15) is 10.4 Å². The van der Waals surface area contributed by atoms with E-state index in [9.17, 15) is 4.79 Å². The fourth-order valence-electron chi connectivity index (χ4n) is 3.14. The molecule has 0 fully saturated rings. The number of para-hydroxylation sites is 1.